The lowest BCUT2D eigenvalue weighted by Gasteiger charge is -2.15. The number of nitrogens with two attached hydrogens (primary N) is 1. The molecule has 0 bridgehead atoms. The van der Waals surface area contributed by atoms with E-state index in [2.05, 4.69) is 31.0 Å². The maximum Gasteiger partial charge on any atom is 0.244 e. The van der Waals surface area contributed by atoms with Gasteiger partial charge in [0.25, 0.3) is 0 Å². The Morgan fingerprint density at radius 2 is 1.94 bits per heavy atom. The van der Waals surface area contributed by atoms with Gasteiger partial charge in [0.1, 0.15) is 4.99 Å². The molecule has 0 aliphatic heterocycles. The number of hydrogen-bond acceptors (Lipinski definition) is 4. The minimum Gasteiger partial charge on any atom is -0.476 e. The fourth-order valence-corrected chi connectivity index (χ4v) is 1.97. The zero-order chi connectivity index (χ0) is 13.7. The predicted molar refractivity (Wildman–Crippen MR) is 77.0 cm³/mol. The summed E-state index contributed by atoms with van der Waals surface area (Å²) in [5.41, 5.74) is 8.55. The molecule has 0 atom stereocenters. The molecule has 0 unspecified atom stereocenters. The highest BCUT2D eigenvalue weighted by atomic mass is 32.1. The molecule has 4 nitrogen and oxygen atoms in total. The summed E-state index contributed by atoms with van der Waals surface area (Å²) in [7, 11) is 0. The summed E-state index contributed by atoms with van der Waals surface area (Å²) in [6.07, 6.45) is 1.64. The summed E-state index contributed by atoms with van der Waals surface area (Å²) in [6.45, 7) is 8.84. The van der Waals surface area contributed by atoms with Crippen molar-refractivity contribution in [2.24, 2.45) is 11.7 Å². The van der Waals surface area contributed by atoms with Crippen molar-refractivity contribution in [2.75, 3.05) is 6.61 Å². The average Bonchev–Trinajstić information content (AvgIpc) is 2.34. The van der Waals surface area contributed by atoms with Crippen molar-refractivity contribution in [1.29, 1.82) is 0 Å². The summed E-state index contributed by atoms with van der Waals surface area (Å²) in [6, 6.07) is 0. The van der Waals surface area contributed by atoms with Gasteiger partial charge in [-0.3, -0.25) is 0 Å². The number of nitrogens with zero attached hydrogens (tertiary/aromatic N) is 2. The molecule has 5 heteroatoms. The van der Waals surface area contributed by atoms with Crippen LogP contribution in [0.2, 0.25) is 0 Å². The van der Waals surface area contributed by atoms with Crippen molar-refractivity contribution in [3.63, 3.8) is 0 Å². The number of hydrogen-bond donors (Lipinski definition) is 1. The molecule has 0 saturated carbocycles. The highest BCUT2D eigenvalue weighted by Crippen LogP contribution is 2.23. The number of ether oxygens (including phenoxy) is 1. The zero-order valence-electron chi connectivity index (χ0n) is 11.5. The van der Waals surface area contributed by atoms with E-state index in [4.69, 9.17) is 22.7 Å². The second kappa shape index (κ2) is 6.64. The van der Waals surface area contributed by atoms with Crippen LogP contribution < -0.4 is 10.5 Å². The second-order valence-corrected chi connectivity index (χ2v) is 5.02. The van der Waals surface area contributed by atoms with E-state index in [0.29, 0.717) is 23.4 Å². The van der Waals surface area contributed by atoms with Crippen molar-refractivity contribution >= 4 is 17.2 Å². The quantitative estimate of drug-likeness (QED) is 0.801. The van der Waals surface area contributed by atoms with Gasteiger partial charge in [-0.15, -0.1) is 5.10 Å². The molecule has 0 amide bonds. The predicted octanol–water partition coefficient (Wildman–Crippen LogP) is 2.27. The first-order valence-electron chi connectivity index (χ1n) is 6.32. The van der Waals surface area contributed by atoms with Gasteiger partial charge in [0.2, 0.25) is 5.88 Å². The first-order chi connectivity index (χ1) is 8.51. The molecule has 0 aliphatic carbocycles. The van der Waals surface area contributed by atoms with Crippen LogP contribution in [0.25, 0.3) is 0 Å². The molecule has 1 heterocycles. The molecule has 0 saturated heterocycles. The van der Waals surface area contributed by atoms with Crippen LogP contribution in [-0.2, 0) is 12.8 Å². The molecule has 1 aromatic rings. The smallest absolute Gasteiger partial charge is 0.244 e. The first-order valence-corrected chi connectivity index (χ1v) is 6.73. The number of thiocarbonyl (C=S) groups is 1. The van der Waals surface area contributed by atoms with Crippen LogP contribution in [0.1, 0.15) is 44.5 Å². The van der Waals surface area contributed by atoms with Crippen molar-refractivity contribution in [3.05, 3.63) is 16.8 Å². The molecule has 0 aliphatic rings. The van der Waals surface area contributed by atoms with Crippen LogP contribution >= 0.6 is 12.2 Å². The normalized spacial score (nSPS) is 10.7. The summed E-state index contributed by atoms with van der Waals surface area (Å²) in [4.78, 5) is 0.329. The lowest BCUT2D eigenvalue weighted by molar-refractivity contribution is 0.257. The highest BCUT2D eigenvalue weighted by Gasteiger charge is 2.17. The summed E-state index contributed by atoms with van der Waals surface area (Å²) in [5, 5.41) is 8.31. The third-order valence-electron chi connectivity index (χ3n) is 2.61. The molecule has 100 valence electrons. The van der Waals surface area contributed by atoms with Crippen molar-refractivity contribution < 1.29 is 4.74 Å². The lowest BCUT2D eigenvalue weighted by Crippen LogP contribution is -2.19. The van der Waals surface area contributed by atoms with E-state index in [-0.39, 0.29) is 0 Å². The summed E-state index contributed by atoms with van der Waals surface area (Å²) >= 11 is 5.12. The molecule has 0 fully saturated rings. The van der Waals surface area contributed by atoms with E-state index in [0.717, 1.165) is 29.7 Å². The Kier molecular flexibility index (Phi) is 5.47. The Bertz CT molecular complexity index is 432. The van der Waals surface area contributed by atoms with E-state index in [1.807, 2.05) is 6.92 Å². The van der Waals surface area contributed by atoms with Crippen LogP contribution in [0, 0.1) is 5.92 Å². The van der Waals surface area contributed by atoms with Gasteiger partial charge in [0.05, 0.1) is 17.9 Å². The van der Waals surface area contributed by atoms with Gasteiger partial charge in [-0.05, 0) is 24.3 Å². The van der Waals surface area contributed by atoms with Gasteiger partial charge >= 0.3 is 0 Å². The molecule has 0 aromatic carbocycles. The Labute approximate surface area is 114 Å². The molecule has 0 radical (unpaired) electrons. The standard InChI is InChI=1S/C13H21N3OS/c1-5-9-10(6-2)15-16-13(11(9)12(14)18)17-7-8(3)4/h8H,5-7H2,1-4H3,(H2,14,18). The minimum atomic E-state index is 0.329. The third kappa shape index (κ3) is 3.38. The monoisotopic (exact) mass is 267 g/mol. The van der Waals surface area contributed by atoms with Gasteiger partial charge < -0.3 is 10.5 Å². The largest absolute Gasteiger partial charge is 0.476 e. The molecular weight excluding hydrogens is 246 g/mol. The number of aromatic nitrogens is 2. The molecule has 2 N–H and O–H groups in total. The number of aryl methyl sites for hydroxylation is 1. The van der Waals surface area contributed by atoms with E-state index in [9.17, 15) is 0 Å². The van der Waals surface area contributed by atoms with Crippen LogP contribution in [0.15, 0.2) is 0 Å². The number of rotatable bonds is 6. The molecule has 0 spiro atoms. The molecule has 1 aromatic heterocycles. The highest BCUT2D eigenvalue weighted by molar-refractivity contribution is 7.80. The Morgan fingerprint density at radius 3 is 2.39 bits per heavy atom. The van der Waals surface area contributed by atoms with E-state index in [1.165, 1.54) is 0 Å². The summed E-state index contributed by atoms with van der Waals surface area (Å²) < 4.78 is 5.66. The Balaban J connectivity index is 3.21. The van der Waals surface area contributed by atoms with E-state index >= 15 is 0 Å². The van der Waals surface area contributed by atoms with Crippen molar-refractivity contribution in [1.82, 2.24) is 10.2 Å². The van der Waals surface area contributed by atoms with Crippen LogP contribution in [-0.4, -0.2) is 21.8 Å². The van der Waals surface area contributed by atoms with E-state index < -0.39 is 0 Å². The van der Waals surface area contributed by atoms with Gasteiger partial charge in [0, 0.05) is 0 Å². The second-order valence-electron chi connectivity index (χ2n) is 4.58. The maximum absolute atomic E-state index is 5.80. The van der Waals surface area contributed by atoms with Crippen LogP contribution in [0.4, 0.5) is 0 Å². The van der Waals surface area contributed by atoms with Crippen LogP contribution in [0.5, 0.6) is 5.88 Å². The topological polar surface area (TPSA) is 61.0 Å². The van der Waals surface area contributed by atoms with Gasteiger partial charge in [-0.1, -0.05) is 39.9 Å². The first kappa shape index (κ1) is 14.8. The van der Waals surface area contributed by atoms with Crippen LogP contribution in [0.3, 0.4) is 0 Å². The van der Waals surface area contributed by atoms with Gasteiger partial charge in [0.15, 0.2) is 0 Å². The van der Waals surface area contributed by atoms with Crippen molar-refractivity contribution in [2.45, 2.75) is 40.5 Å². The zero-order valence-corrected chi connectivity index (χ0v) is 12.3. The minimum absolute atomic E-state index is 0.329. The maximum atomic E-state index is 5.80. The molecular formula is C13H21N3OS. The average molecular weight is 267 g/mol. The fraction of sp³-hybridized carbons (Fsp3) is 0.615. The van der Waals surface area contributed by atoms with Gasteiger partial charge in [-0.2, -0.15) is 5.10 Å². The Morgan fingerprint density at radius 1 is 1.28 bits per heavy atom. The SMILES string of the molecule is CCc1nnc(OCC(C)C)c(C(N)=S)c1CC. The van der Waals surface area contributed by atoms with Crippen molar-refractivity contribution in [3.8, 4) is 5.88 Å². The fourth-order valence-electron chi connectivity index (χ4n) is 1.76. The van der Waals surface area contributed by atoms with Gasteiger partial charge in [-0.25, -0.2) is 0 Å². The molecule has 1 rings (SSSR count). The lowest BCUT2D eigenvalue weighted by atomic mass is 10.0. The summed E-state index contributed by atoms with van der Waals surface area (Å²) in [5.74, 6) is 0.882. The Hall–Kier alpha value is -1.23. The third-order valence-corrected chi connectivity index (χ3v) is 2.82. The van der Waals surface area contributed by atoms with E-state index in [1.54, 1.807) is 0 Å². The molecule has 18 heavy (non-hydrogen) atoms.